The van der Waals surface area contributed by atoms with Crippen molar-refractivity contribution < 1.29 is 27.9 Å². The molecule has 1 aromatic heterocycles. The van der Waals surface area contributed by atoms with Crippen LogP contribution in [0.3, 0.4) is 0 Å². The summed E-state index contributed by atoms with van der Waals surface area (Å²) in [4.78, 5) is 30.2. The van der Waals surface area contributed by atoms with Crippen LogP contribution in [0.5, 0.6) is 0 Å². The number of hydrogen-bond acceptors (Lipinski definition) is 6. The Kier molecular flexibility index (Phi) is 8.80. The molecule has 0 atom stereocenters. The van der Waals surface area contributed by atoms with Crippen molar-refractivity contribution in [3.05, 3.63) is 64.2 Å². The highest BCUT2D eigenvalue weighted by Gasteiger charge is 2.33. The molecule has 1 aliphatic carbocycles. The second kappa shape index (κ2) is 11.5. The first-order valence-electron chi connectivity index (χ1n) is 11.7. The minimum atomic E-state index is -4.70. The van der Waals surface area contributed by atoms with E-state index in [1.807, 2.05) is 0 Å². The van der Waals surface area contributed by atoms with Crippen molar-refractivity contribution in [3.63, 3.8) is 0 Å². The molecule has 1 saturated heterocycles. The number of aromatic nitrogens is 1. The van der Waals surface area contributed by atoms with E-state index < -0.39 is 29.1 Å². The fraction of sp³-hybridized carbons (Fsp3) is 0.440. The van der Waals surface area contributed by atoms with Crippen LogP contribution >= 0.6 is 11.6 Å². The van der Waals surface area contributed by atoms with E-state index in [1.54, 1.807) is 18.7 Å². The second-order valence-electron chi connectivity index (χ2n) is 9.65. The van der Waals surface area contributed by atoms with Gasteiger partial charge in [0.2, 0.25) is 5.91 Å². The summed E-state index contributed by atoms with van der Waals surface area (Å²) in [5.41, 5.74) is -1.96. The lowest BCUT2D eigenvalue weighted by Crippen LogP contribution is -2.43. The number of nitrogens with zero attached hydrogens (tertiary/aromatic N) is 2. The van der Waals surface area contributed by atoms with E-state index in [1.165, 1.54) is 18.4 Å². The average Bonchev–Trinajstić information content (AvgIpc) is 2.80. The number of halogens is 4. The van der Waals surface area contributed by atoms with Crippen LogP contribution in [0.15, 0.2) is 52.9 Å². The molecule has 0 unspecified atom stereocenters. The summed E-state index contributed by atoms with van der Waals surface area (Å²) < 4.78 is 38.7. The molecule has 3 rings (SSSR count). The van der Waals surface area contributed by atoms with Crippen LogP contribution in [0, 0.1) is 11.3 Å². The Hall–Kier alpha value is -3.18. The molecule has 1 aromatic rings. The summed E-state index contributed by atoms with van der Waals surface area (Å²) in [7, 11) is 0. The van der Waals surface area contributed by atoms with Crippen molar-refractivity contribution in [2.75, 3.05) is 19.6 Å². The summed E-state index contributed by atoms with van der Waals surface area (Å²) in [6.45, 7) is 4.76. The fourth-order valence-corrected chi connectivity index (χ4v) is 4.37. The molecule has 12 heteroatoms. The Morgan fingerprint density at radius 1 is 1.24 bits per heavy atom. The van der Waals surface area contributed by atoms with Gasteiger partial charge in [0.1, 0.15) is 11.4 Å². The molecule has 8 nitrogen and oxygen atoms in total. The van der Waals surface area contributed by atoms with E-state index in [2.05, 4.69) is 15.6 Å². The molecular weight excluding hydrogens is 511 g/mol. The zero-order valence-electron chi connectivity index (χ0n) is 20.5. The molecule has 2 aliphatic rings. The van der Waals surface area contributed by atoms with Gasteiger partial charge in [-0.2, -0.15) is 13.2 Å². The number of aliphatic hydroxyl groups is 1. The zero-order chi connectivity index (χ0) is 27.4. The molecule has 1 fully saturated rings. The van der Waals surface area contributed by atoms with Gasteiger partial charge >= 0.3 is 6.18 Å². The molecular formula is C25H29ClF3N5O3. The lowest BCUT2D eigenvalue weighted by Gasteiger charge is -2.34. The largest absolute Gasteiger partial charge is 0.433 e. The summed E-state index contributed by atoms with van der Waals surface area (Å²) in [5, 5.41) is 23.4. The number of carbonyl (C=O) groups is 2. The van der Waals surface area contributed by atoms with Crippen molar-refractivity contribution in [2.45, 2.75) is 44.9 Å². The molecule has 0 radical (unpaired) electrons. The number of likely N-dealkylation sites (tertiary alicyclic amines) is 1. The number of rotatable bonds is 7. The number of hydrogen-bond donors (Lipinski definition) is 4. The van der Waals surface area contributed by atoms with E-state index >= 15 is 0 Å². The number of allylic oxidation sites excluding steroid dienone is 4. The summed E-state index contributed by atoms with van der Waals surface area (Å²) >= 11 is 6.13. The van der Waals surface area contributed by atoms with Crippen molar-refractivity contribution in [3.8, 4) is 0 Å². The van der Waals surface area contributed by atoms with Crippen LogP contribution in [0.1, 0.15) is 49.3 Å². The van der Waals surface area contributed by atoms with E-state index in [-0.39, 0.29) is 28.9 Å². The number of nitrogens with one attached hydrogen (secondary N) is 3. The van der Waals surface area contributed by atoms with E-state index in [4.69, 9.17) is 17.0 Å². The molecule has 0 spiro atoms. The molecule has 2 heterocycles. The first kappa shape index (κ1) is 28.4. The quantitative estimate of drug-likeness (QED) is 0.421. The topological polar surface area (TPSA) is 118 Å². The molecule has 1 aliphatic heterocycles. The Bertz CT molecular complexity index is 1150. The Labute approximate surface area is 217 Å². The monoisotopic (exact) mass is 539 g/mol. The third-order valence-corrected chi connectivity index (χ3v) is 6.24. The molecule has 0 bridgehead atoms. The Balaban J connectivity index is 1.59. The van der Waals surface area contributed by atoms with Crippen LogP contribution in [0.2, 0.25) is 0 Å². The van der Waals surface area contributed by atoms with Gasteiger partial charge in [0.15, 0.2) is 0 Å². The minimum Gasteiger partial charge on any atom is -0.390 e. The maximum Gasteiger partial charge on any atom is 0.433 e. The van der Waals surface area contributed by atoms with Crippen molar-refractivity contribution in [1.82, 2.24) is 20.5 Å². The summed E-state index contributed by atoms with van der Waals surface area (Å²) in [5.74, 6) is -0.640. The molecule has 0 saturated carbocycles. The average molecular weight is 540 g/mol. The lowest BCUT2D eigenvalue weighted by atomic mass is 9.86. The van der Waals surface area contributed by atoms with Gasteiger partial charge in [-0.05, 0) is 63.3 Å². The molecule has 200 valence electrons. The number of piperidine rings is 1. The van der Waals surface area contributed by atoms with Crippen LogP contribution in [0.25, 0.3) is 0 Å². The van der Waals surface area contributed by atoms with Gasteiger partial charge in [-0.15, -0.1) is 0 Å². The number of amides is 2. The Morgan fingerprint density at radius 2 is 1.92 bits per heavy atom. The maximum absolute atomic E-state index is 12.9. The normalized spacial score (nSPS) is 18.4. The third kappa shape index (κ3) is 8.16. The van der Waals surface area contributed by atoms with Crippen molar-refractivity contribution in [2.24, 2.45) is 5.92 Å². The first-order chi connectivity index (χ1) is 17.2. The van der Waals surface area contributed by atoms with Gasteiger partial charge < -0.3 is 26.0 Å². The van der Waals surface area contributed by atoms with Crippen molar-refractivity contribution in [1.29, 1.82) is 5.41 Å². The van der Waals surface area contributed by atoms with E-state index in [9.17, 15) is 27.9 Å². The molecule has 37 heavy (non-hydrogen) atoms. The highest BCUT2D eigenvalue weighted by atomic mass is 35.5. The van der Waals surface area contributed by atoms with E-state index in [0.29, 0.717) is 31.0 Å². The standard InChI is InChI=1S/C25H29ClF3N5O3/c1-24(2,37)12-15-6-8-34(9-7-15)22(35)14-31-13-16-10-20(17(26)11-18(16)30)33-23(36)19-4-3-5-21(32-19)25(27,28)29/h3-5,10-11,13,15,30-31,37H,6-9,12,14H2,1-2H3,(H,33,36)/b16-13-,30-18?. The minimum absolute atomic E-state index is 0.00588. The highest BCUT2D eigenvalue weighted by Crippen LogP contribution is 2.28. The van der Waals surface area contributed by atoms with Gasteiger partial charge in [0, 0.05) is 24.9 Å². The smallest absolute Gasteiger partial charge is 0.390 e. The van der Waals surface area contributed by atoms with Gasteiger partial charge in [-0.3, -0.25) is 9.59 Å². The van der Waals surface area contributed by atoms with Crippen LogP contribution in [0.4, 0.5) is 13.2 Å². The Morgan fingerprint density at radius 3 is 2.54 bits per heavy atom. The van der Waals surface area contributed by atoms with Crippen LogP contribution < -0.4 is 10.6 Å². The van der Waals surface area contributed by atoms with Gasteiger partial charge in [0.05, 0.1) is 28.6 Å². The first-order valence-corrected chi connectivity index (χ1v) is 12.1. The summed E-state index contributed by atoms with van der Waals surface area (Å²) in [6.07, 6.45) is 1.73. The van der Waals surface area contributed by atoms with Gasteiger partial charge in [0.25, 0.3) is 5.91 Å². The molecule has 2 amide bonds. The van der Waals surface area contributed by atoms with Gasteiger partial charge in [-0.1, -0.05) is 17.7 Å². The number of carbonyl (C=O) groups excluding carboxylic acids is 2. The number of alkyl halides is 3. The lowest BCUT2D eigenvalue weighted by molar-refractivity contribution is -0.141. The second-order valence-corrected chi connectivity index (χ2v) is 10.1. The zero-order valence-corrected chi connectivity index (χ0v) is 21.2. The third-order valence-electron chi connectivity index (χ3n) is 5.93. The molecule has 0 aromatic carbocycles. The number of pyridine rings is 1. The van der Waals surface area contributed by atoms with Crippen LogP contribution in [-0.4, -0.2) is 57.8 Å². The fourth-order valence-electron chi connectivity index (χ4n) is 4.16. The molecule has 4 N–H and O–H groups in total. The predicted molar refractivity (Wildman–Crippen MR) is 133 cm³/mol. The van der Waals surface area contributed by atoms with Gasteiger partial charge in [-0.25, -0.2) is 4.98 Å². The summed E-state index contributed by atoms with van der Waals surface area (Å²) in [6, 6.07) is 2.98. The highest BCUT2D eigenvalue weighted by molar-refractivity contribution is 6.35. The van der Waals surface area contributed by atoms with Crippen molar-refractivity contribution >= 4 is 29.1 Å². The van der Waals surface area contributed by atoms with Crippen LogP contribution in [-0.2, 0) is 11.0 Å². The van der Waals surface area contributed by atoms with E-state index in [0.717, 1.165) is 31.0 Å². The predicted octanol–water partition coefficient (Wildman–Crippen LogP) is 3.74. The maximum atomic E-state index is 12.9. The SMILES string of the molecule is CC(C)(O)CC1CCN(C(=O)CN/C=C2/C=C(NC(=O)c3cccc(C(F)(F)F)n3)C(Cl)=CC2=N)CC1.